The van der Waals surface area contributed by atoms with E-state index in [4.69, 9.17) is 4.74 Å². The molecule has 2 aromatic carbocycles. The number of carbonyl (C=O) groups excluding carboxylic acids is 1. The minimum atomic E-state index is -0.546. The van der Waals surface area contributed by atoms with E-state index < -0.39 is 5.41 Å². The number of thioether (sulfide) groups is 1. The van der Waals surface area contributed by atoms with E-state index >= 15 is 0 Å². The molecule has 1 aliphatic carbocycles. The van der Waals surface area contributed by atoms with Gasteiger partial charge in [0.15, 0.2) is 11.0 Å². The van der Waals surface area contributed by atoms with Crippen molar-refractivity contribution in [3.8, 4) is 11.4 Å². The van der Waals surface area contributed by atoms with Crippen LogP contribution in [-0.2, 0) is 16.8 Å². The average molecular weight is 441 g/mol. The van der Waals surface area contributed by atoms with Crippen LogP contribution in [0.25, 0.3) is 5.69 Å². The SMILES string of the molecule is COc1ccc(C2(C(=O)NCc3nnc(SC)n3-c3ccc(F)cc3)CCCC2)cc1. The first-order valence-corrected chi connectivity index (χ1v) is 11.5. The summed E-state index contributed by atoms with van der Waals surface area (Å²) in [6.07, 6.45) is 5.56. The molecular formula is C23H25FN4O2S. The van der Waals surface area contributed by atoms with Crippen LogP contribution in [0.4, 0.5) is 4.39 Å². The van der Waals surface area contributed by atoms with Crippen molar-refractivity contribution in [2.24, 2.45) is 0 Å². The highest BCUT2D eigenvalue weighted by Gasteiger charge is 2.42. The van der Waals surface area contributed by atoms with Crippen molar-refractivity contribution in [2.75, 3.05) is 13.4 Å². The Hall–Kier alpha value is -2.87. The van der Waals surface area contributed by atoms with Crippen molar-refractivity contribution >= 4 is 17.7 Å². The summed E-state index contributed by atoms with van der Waals surface area (Å²) in [4.78, 5) is 13.4. The lowest BCUT2D eigenvalue weighted by atomic mass is 9.78. The Kier molecular flexibility index (Phi) is 6.27. The van der Waals surface area contributed by atoms with E-state index in [1.54, 1.807) is 19.2 Å². The number of ether oxygens (including phenoxy) is 1. The zero-order valence-electron chi connectivity index (χ0n) is 17.6. The number of hydrogen-bond acceptors (Lipinski definition) is 5. The van der Waals surface area contributed by atoms with Crippen LogP contribution in [0.2, 0.25) is 0 Å². The van der Waals surface area contributed by atoms with Gasteiger partial charge in [0.05, 0.1) is 19.1 Å². The van der Waals surface area contributed by atoms with Crippen LogP contribution in [0.1, 0.15) is 37.1 Å². The predicted octanol–water partition coefficient (Wildman–Crippen LogP) is 4.27. The minimum absolute atomic E-state index is 0.00507. The van der Waals surface area contributed by atoms with E-state index in [0.29, 0.717) is 11.0 Å². The van der Waals surface area contributed by atoms with Gasteiger partial charge in [0.25, 0.3) is 0 Å². The van der Waals surface area contributed by atoms with Crippen LogP contribution in [0, 0.1) is 5.82 Å². The minimum Gasteiger partial charge on any atom is -0.497 e. The molecule has 1 heterocycles. The molecule has 0 radical (unpaired) electrons. The van der Waals surface area contributed by atoms with Gasteiger partial charge < -0.3 is 10.1 Å². The molecule has 1 aliphatic rings. The fourth-order valence-electron chi connectivity index (χ4n) is 4.26. The van der Waals surface area contributed by atoms with E-state index in [-0.39, 0.29) is 18.3 Å². The molecule has 162 valence electrons. The molecule has 31 heavy (non-hydrogen) atoms. The van der Waals surface area contributed by atoms with Crippen LogP contribution in [0.3, 0.4) is 0 Å². The molecule has 1 saturated carbocycles. The van der Waals surface area contributed by atoms with Gasteiger partial charge in [0, 0.05) is 5.69 Å². The van der Waals surface area contributed by atoms with Crippen LogP contribution < -0.4 is 10.1 Å². The highest BCUT2D eigenvalue weighted by molar-refractivity contribution is 7.98. The maximum absolute atomic E-state index is 13.4. The molecule has 0 bridgehead atoms. The van der Waals surface area contributed by atoms with Crippen molar-refractivity contribution in [3.05, 3.63) is 65.7 Å². The number of nitrogens with one attached hydrogen (secondary N) is 1. The molecule has 3 aromatic rings. The van der Waals surface area contributed by atoms with Gasteiger partial charge in [-0.1, -0.05) is 36.7 Å². The van der Waals surface area contributed by atoms with Crippen LogP contribution in [0.15, 0.2) is 53.7 Å². The Morgan fingerprint density at radius 2 is 1.81 bits per heavy atom. The average Bonchev–Trinajstić information content (AvgIpc) is 3.46. The Bertz CT molecular complexity index is 1040. The first-order valence-electron chi connectivity index (χ1n) is 10.2. The second-order valence-electron chi connectivity index (χ2n) is 7.62. The van der Waals surface area contributed by atoms with Gasteiger partial charge in [-0.2, -0.15) is 0 Å². The zero-order valence-corrected chi connectivity index (χ0v) is 18.4. The number of methoxy groups -OCH3 is 1. The van der Waals surface area contributed by atoms with Gasteiger partial charge in [0.2, 0.25) is 5.91 Å². The Morgan fingerprint density at radius 3 is 2.42 bits per heavy atom. The number of hydrogen-bond donors (Lipinski definition) is 1. The molecule has 0 aliphatic heterocycles. The molecule has 0 saturated heterocycles. The topological polar surface area (TPSA) is 69.0 Å². The number of aromatic nitrogens is 3. The van der Waals surface area contributed by atoms with Gasteiger partial charge in [-0.3, -0.25) is 9.36 Å². The molecule has 1 fully saturated rings. The summed E-state index contributed by atoms with van der Waals surface area (Å²) in [5, 5.41) is 12.3. The molecule has 4 rings (SSSR count). The summed E-state index contributed by atoms with van der Waals surface area (Å²) in [6, 6.07) is 13.9. The highest BCUT2D eigenvalue weighted by atomic mass is 32.2. The lowest BCUT2D eigenvalue weighted by molar-refractivity contribution is -0.126. The lowest BCUT2D eigenvalue weighted by Gasteiger charge is -2.28. The lowest BCUT2D eigenvalue weighted by Crippen LogP contribution is -2.42. The third-order valence-electron chi connectivity index (χ3n) is 5.91. The Labute approximate surface area is 185 Å². The van der Waals surface area contributed by atoms with Crippen LogP contribution in [-0.4, -0.2) is 34.0 Å². The summed E-state index contributed by atoms with van der Waals surface area (Å²) in [5.41, 5.74) is 1.22. The number of amides is 1. The van der Waals surface area contributed by atoms with Crippen molar-refractivity contribution in [2.45, 2.75) is 42.8 Å². The molecule has 1 N–H and O–H groups in total. The van der Waals surface area contributed by atoms with E-state index in [0.717, 1.165) is 42.7 Å². The van der Waals surface area contributed by atoms with E-state index in [9.17, 15) is 9.18 Å². The zero-order chi connectivity index (χ0) is 21.8. The summed E-state index contributed by atoms with van der Waals surface area (Å²) < 4.78 is 20.5. The largest absolute Gasteiger partial charge is 0.497 e. The fraction of sp³-hybridized carbons (Fsp3) is 0.348. The molecule has 1 amide bonds. The van der Waals surface area contributed by atoms with Crippen LogP contribution in [0.5, 0.6) is 5.75 Å². The third kappa shape index (κ3) is 4.17. The molecule has 1 aromatic heterocycles. The second kappa shape index (κ2) is 9.09. The maximum atomic E-state index is 13.4. The summed E-state index contributed by atoms with van der Waals surface area (Å²) in [7, 11) is 1.63. The number of halogens is 1. The van der Waals surface area contributed by atoms with Gasteiger partial charge in [-0.05, 0) is 61.1 Å². The maximum Gasteiger partial charge on any atom is 0.231 e. The molecule has 8 heteroatoms. The molecular weight excluding hydrogens is 415 g/mol. The first-order chi connectivity index (χ1) is 15.1. The summed E-state index contributed by atoms with van der Waals surface area (Å²) >= 11 is 1.45. The summed E-state index contributed by atoms with van der Waals surface area (Å²) in [5.74, 6) is 1.07. The first kappa shape index (κ1) is 21.4. The second-order valence-corrected chi connectivity index (χ2v) is 8.39. The van der Waals surface area contributed by atoms with Crippen molar-refractivity contribution in [1.82, 2.24) is 20.1 Å². The van der Waals surface area contributed by atoms with Gasteiger partial charge in [0.1, 0.15) is 11.6 Å². The normalized spacial score (nSPS) is 15.1. The fourth-order valence-corrected chi connectivity index (χ4v) is 4.78. The predicted molar refractivity (Wildman–Crippen MR) is 118 cm³/mol. The van der Waals surface area contributed by atoms with E-state index in [1.165, 1.54) is 23.9 Å². The van der Waals surface area contributed by atoms with Crippen molar-refractivity contribution < 1.29 is 13.9 Å². The monoisotopic (exact) mass is 440 g/mol. The van der Waals surface area contributed by atoms with Gasteiger partial charge in [-0.25, -0.2) is 4.39 Å². The van der Waals surface area contributed by atoms with E-state index in [1.807, 2.05) is 35.1 Å². The highest BCUT2D eigenvalue weighted by Crippen LogP contribution is 2.42. The molecule has 0 unspecified atom stereocenters. The standard InChI is InChI=1S/C23H25FN4O2S/c1-30-19-11-5-16(6-12-19)23(13-3-4-14-23)21(29)25-15-20-26-27-22(31-2)28(20)18-9-7-17(24)8-10-18/h5-12H,3-4,13-15H2,1-2H3,(H,25,29). The number of carbonyl (C=O) groups is 1. The summed E-state index contributed by atoms with van der Waals surface area (Å²) in [6.45, 7) is 0.238. The molecule has 0 spiro atoms. The number of nitrogens with zero attached hydrogens (tertiary/aromatic N) is 3. The third-order valence-corrected chi connectivity index (χ3v) is 6.54. The van der Waals surface area contributed by atoms with Gasteiger partial charge in [-0.15, -0.1) is 10.2 Å². The van der Waals surface area contributed by atoms with Crippen molar-refractivity contribution in [3.63, 3.8) is 0 Å². The van der Waals surface area contributed by atoms with Crippen LogP contribution >= 0.6 is 11.8 Å². The number of benzene rings is 2. The molecule has 0 atom stereocenters. The Morgan fingerprint density at radius 1 is 1.13 bits per heavy atom. The van der Waals surface area contributed by atoms with E-state index in [2.05, 4.69) is 15.5 Å². The van der Waals surface area contributed by atoms with Gasteiger partial charge >= 0.3 is 0 Å². The Balaban J connectivity index is 1.57. The smallest absolute Gasteiger partial charge is 0.231 e. The molecule has 6 nitrogen and oxygen atoms in total. The number of rotatable bonds is 7. The van der Waals surface area contributed by atoms with Crippen molar-refractivity contribution in [1.29, 1.82) is 0 Å². The quantitative estimate of drug-likeness (QED) is 0.556.